The predicted molar refractivity (Wildman–Crippen MR) is 88.4 cm³/mol. The molecule has 0 unspecified atom stereocenters. The highest BCUT2D eigenvalue weighted by molar-refractivity contribution is 7.91. The maximum atomic E-state index is 11.8. The molecule has 1 aliphatic rings. The first-order chi connectivity index (χ1) is 9.92. The van der Waals surface area contributed by atoms with Gasteiger partial charge in [-0.3, -0.25) is 0 Å². The first-order valence-corrected chi connectivity index (χ1v) is 9.67. The summed E-state index contributed by atoms with van der Waals surface area (Å²) in [5.74, 6) is 1.79. The number of sulfone groups is 1. The Labute approximate surface area is 129 Å². The smallest absolute Gasteiger partial charge is 0.178 e. The lowest BCUT2D eigenvalue weighted by atomic mass is 9.79. The molecule has 3 nitrogen and oxygen atoms in total. The van der Waals surface area contributed by atoms with Crippen LogP contribution in [0.25, 0.3) is 0 Å². The zero-order chi connectivity index (χ0) is 15.5. The van der Waals surface area contributed by atoms with Crippen molar-refractivity contribution in [1.82, 2.24) is 0 Å². The number of hydrogen-bond acceptors (Lipinski definition) is 3. The van der Waals surface area contributed by atoms with Gasteiger partial charge in [0.2, 0.25) is 0 Å². The van der Waals surface area contributed by atoms with Gasteiger partial charge in [-0.1, -0.05) is 20.8 Å². The quantitative estimate of drug-likeness (QED) is 0.890. The summed E-state index contributed by atoms with van der Waals surface area (Å²) in [6.07, 6.45) is 4.99. The standard InChI is InChI=1S/C17H27NO2S/c1-4-21(19,20)17-11-9-16(10-12-17)18-15-7-5-14(6-8-15)13(2)3/h9-15,18H,4-8H2,1-3H3. The van der Waals surface area contributed by atoms with Crippen molar-refractivity contribution < 1.29 is 8.42 Å². The van der Waals surface area contributed by atoms with Gasteiger partial charge in [-0.05, 0) is 61.8 Å². The monoisotopic (exact) mass is 309 g/mol. The van der Waals surface area contributed by atoms with Crippen molar-refractivity contribution in [1.29, 1.82) is 0 Å². The van der Waals surface area contributed by atoms with E-state index in [4.69, 9.17) is 0 Å². The summed E-state index contributed by atoms with van der Waals surface area (Å²) in [4.78, 5) is 0.416. The second-order valence-electron chi connectivity index (χ2n) is 6.43. The highest BCUT2D eigenvalue weighted by Crippen LogP contribution is 2.31. The summed E-state index contributed by atoms with van der Waals surface area (Å²) in [5, 5.41) is 3.54. The van der Waals surface area contributed by atoms with Gasteiger partial charge < -0.3 is 5.32 Å². The van der Waals surface area contributed by atoms with E-state index in [-0.39, 0.29) is 5.75 Å². The molecule has 0 bridgehead atoms. The van der Waals surface area contributed by atoms with Crippen LogP contribution in [0.1, 0.15) is 46.5 Å². The molecule has 0 aromatic heterocycles. The van der Waals surface area contributed by atoms with E-state index in [0.717, 1.165) is 17.5 Å². The molecule has 4 heteroatoms. The van der Waals surface area contributed by atoms with Crippen LogP contribution in [0, 0.1) is 11.8 Å². The second-order valence-corrected chi connectivity index (χ2v) is 8.71. The highest BCUT2D eigenvalue weighted by atomic mass is 32.2. The molecule has 0 amide bonds. The summed E-state index contributed by atoms with van der Waals surface area (Å²) in [7, 11) is -3.09. The second kappa shape index (κ2) is 6.82. The summed E-state index contributed by atoms with van der Waals surface area (Å²) in [6.45, 7) is 6.30. The van der Waals surface area contributed by atoms with E-state index >= 15 is 0 Å². The van der Waals surface area contributed by atoms with Gasteiger partial charge in [0, 0.05) is 11.7 Å². The molecule has 1 aromatic rings. The first kappa shape index (κ1) is 16.3. The Morgan fingerprint density at radius 2 is 1.67 bits per heavy atom. The minimum atomic E-state index is -3.09. The van der Waals surface area contributed by atoms with Crippen LogP contribution in [-0.2, 0) is 9.84 Å². The molecular formula is C17H27NO2S. The van der Waals surface area contributed by atoms with Gasteiger partial charge in [-0.15, -0.1) is 0 Å². The van der Waals surface area contributed by atoms with Crippen LogP contribution < -0.4 is 5.32 Å². The fourth-order valence-electron chi connectivity index (χ4n) is 3.09. The molecule has 2 rings (SSSR count). The van der Waals surface area contributed by atoms with Crippen molar-refractivity contribution in [3.05, 3.63) is 24.3 Å². The van der Waals surface area contributed by atoms with Crippen molar-refractivity contribution >= 4 is 15.5 Å². The van der Waals surface area contributed by atoms with Crippen molar-refractivity contribution in [3.63, 3.8) is 0 Å². The van der Waals surface area contributed by atoms with Crippen LogP contribution in [0.5, 0.6) is 0 Å². The van der Waals surface area contributed by atoms with Gasteiger partial charge in [0.05, 0.1) is 10.6 Å². The number of anilines is 1. The summed E-state index contributed by atoms with van der Waals surface area (Å²) < 4.78 is 23.6. The Bertz CT molecular complexity index is 541. The molecule has 0 atom stereocenters. The molecule has 1 fully saturated rings. The average Bonchev–Trinajstić information content (AvgIpc) is 2.48. The van der Waals surface area contributed by atoms with Crippen molar-refractivity contribution in [3.8, 4) is 0 Å². The first-order valence-electron chi connectivity index (χ1n) is 8.01. The van der Waals surface area contributed by atoms with Crippen LogP contribution in [0.2, 0.25) is 0 Å². The molecule has 1 N–H and O–H groups in total. The van der Waals surface area contributed by atoms with Crippen LogP contribution in [0.15, 0.2) is 29.2 Å². The van der Waals surface area contributed by atoms with Gasteiger partial charge in [-0.2, -0.15) is 0 Å². The lowest BCUT2D eigenvalue weighted by molar-refractivity contribution is 0.267. The molecule has 0 spiro atoms. The molecule has 1 aromatic carbocycles. The lowest BCUT2D eigenvalue weighted by Gasteiger charge is -2.31. The van der Waals surface area contributed by atoms with Crippen molar-refractivity contribution in [2.45, 2.75) is 57.4 Å². The number of nitrogens with one attached hydrogen (secondary N) is 1. The van der Waals surface area contributed by atoms with Gasteiger partial charge >= 0.3 is 0 Å². The fraction of sp³-hybridized carbons (Fsp3) is 0.647. The molecule has 118 valence electrons. The fourth-order valence-corrected chi connectivity index (χ4v) is 3.98. The summed E-state index contributed by atoms with van der Waals surface area (Å²) in [5.41, 5.74) is 1.03. The minimum absolute atomic E-state index is 0.152. The Balaban J connectivity index is 1.93. The van der Waals surface area contributed by atoms with E-state index in [1.165, 1.54) is 25.7 Å². The maximum Gasteiger partial charge on any atom is 0.178 e. The normalized spacial score (nSPS) is 23.2. The average molecular weight is 309 g/mol. The zero-order valence-corrected chi connectivity index (χ0v) is 14.1. The Hall–Kier alpha value is -1.03. The lowest BCUT2D eigenvalue weighted by Crippen LogP contribution is -2.27. The van der Waals surface area contributed by atoms with Gasteiger partial charge in [-0.25, -0.2) is 8.42 Å². The van der Waals surface area contributed by atoms with Crippen LogP contribution in [-0.4, -0.2) is 20.2 Å². The third kappa shape index (κ3) is 4.22. The topological polar surface area (TPSA) is 46.2 Å². The zero-order valence-electron chi connectivity index (χ0n) is 13.3. The molecule has 0 aliphatic heterocycles. The Kier molecular flexibility index (Phi) is 5.31. The Morgan fingerprint density at radius 1 is 1.10 bits per heavy atom. The summed E-state index contributed by atoms with van der Waals surface area (Å²) >= 11 is 0. The Morgan fingerprint density at radius 3 is 2.14 bits per heavy atom. The molecule has 0 heterocycles. The van der Waals surface area contributed by atoms with Crippen LogP contribution in [0.3, 0.4) is 0 Å². The van der Waals surface area contributed by atoms with Gasteiger partial charge in [0.1, 0.15) is 0 Å². The molecule has 21 heavy (non-hydrogen) atoms. The summed E-state index contributed by atoms with van der Waals surface area (Å²) in [6, 6.07) is 7.71. The van der Waals surface area contributed by atoms with E-state index in [2.05, 4.69) is 19.2 Å². The van der Waals surface area contributed by atoms with Crippen molar-refractivity contribution in [2.75, 3.05) is 11.1 Å². The largest absolute Gasteiger partial charge is 0.382 e. The minimum Gasteiger partial charge on any atom is -0.382 e. The predicted octanol–water partition coefficient (Wildman–Crippen LogP) is 4.11. The van der Waals surface area contributed by atoms with Gasteiger partial charge in [0.15, 0.2) is 9.84 Å². The van der Waals surface area contributed by atoms with E-state index in [0.29, 0.717) is 10.9 Å². The number of hydrogen-bond donors (Lipinski definition) is 1. The van der Waals surface area contributed by atoms with E-state index in [1.807, 2.05) is 12.1 Å². The van der Waals surface area contributed by atoms with Crippen LogP contribution in [0.4, 0.5) is 5.69 Å². The maximum absolute atomic E-state index is 11.8. The third-order valence-corrected chi connectivity index (χ3v) is 6.43. The van der Waals surface area contributed by atoms with E-state index < -0.39 is 9.84 Å². The van der Waals surface area contributed by atoms with Crippen molar-refractivity contribution in [2.24, 2.45) is 11.8 Å². The van der Waals surface area contributed by atoms with E-state index in [9.17, 15) is 8.42 Å². The van der Waals surface area contributed by atoms with Gasteiger partial charge in [0.25, 0.3) is 0 Å². The molecule has 0 radical (unpaired) electrons. The number of benzene rings is 1. The molecule has 1 saturated carbocycles. The third-order valence-electron chi connectivity index (χ3n) is 4.68. The highest BCUT2D eigenvalue weighted by Gasteiger charge is 2.23. The molecular weight excluding hydrogens is 282 g/mol. The van der Waals surface area contributed by atoms with E-state index in [1.54, 1.807) is 19.1 Å². The molecule has 0 saturated heterocycles. The number of rotatable bonds is 5. The van der Waals surface area contributed by atoms with Crippen LogP contribution >= 0.6 is 0 Å². The molecule has 1 aliphatic carbocycles. The SMILES string of the molecule is CCS(=O)(=O)c1ccc(NC2CCC(C(C)C)CC2)cc1.